The van der Waals surface area contributed by atoms with E-state index in [4.69, 9.17) is 5.73 Å². The molecule has 3 N–H and O–H groups in total. The number of carbonyl (C=O) groups excluding carboxylic acids is 1. The molecule has 16 heavy (non-hydrogen) atoms. The fourth-order valence-electron chi connectivity index (χ4n) is 1.56. The Hall–Kier alpha value is -1.58. The van der Waals surface area contributed by atoms with Gasteiger partial charge in [0.05, 0.1) is 5.56 Å². The lowest BCUT2D eigenvalue weighted by Gasteiger charge is -2.14. The molecule has 0 unspecified atom stereocenters. The summed E-state index contributed by atoms with van der Waals surface area (Å²) in [7, 11) is 0. The fraction of sp³-hybridized carbons (Fsp3) is 0.500. The Morgan fingerprint density at radius 1 is 1.50 bits per heavy atom. The molecule has 1 aromatic heterocycles. The molecule has 0 radical (unpaired) electrons. The van der Waals surface area contributed by atoms with E-state index < -0.39 is 5.91 Å². The van der Waals surface area contributed by atoms with Gasteiger partial charge in [-0.15, -0.1) is 0 Å². The Morgan fingerprint density at radius 2 is 2.19 bits per heavy atom. The van der Waals surface area contributed by atoms with Crippen LogP contribution in [0, 0.1) is 5.92 Å². The number of nitrogens with two attached hydrogens (primary N) is 1. The van der Waals surface area contributed by atoms with Crippen molar-refractivity contribution < 1.29 is 4.79 Å². The zero-order chi connectivity index (χ0) is 12.0. The predicted molar refractivity (Wildman–Crippen MR) is 65.3 cm³/mol. The quantitative estimate of drug-likeness (QED) is 0.772. The molecule has 0 aliphatic rings. The Morgan fingerprint density at radius 3 is 2.75 bits per heavy atom. The summed E-state index contributed by atoms with van der Waals surface area (Å²) in [6.45, 7) is 5.14. The van der Waals surface area contributed by atoms with Gasteiger partial charge in [-0.3, -0.25) is 4.79 Å². The van der Waals surface area contributed by atoms with E-state index in [9.17, 15) is 4.79 Å². The van der Waals surface area contributed by atoms with Gasteiger partial charge in [0.25, 0.3) is 5.91 Å². The van der Waals surface area contributed by atoms with Crippen LogP contribution in [0.1, 0.15) is 37.0 Å². The van der Waals surface area contributed by atoms with E-state index in [0.717, 1.165) is 19.4 Å². The molecule has 0 bridgehead atoms. The number of amides is 1. The average molecular weight is 221 g/mol. The standard InChI is InChI=1S/C12H19N3O/c1-3-9(4-2)8-15-12-10(11(13)16)6-5-7-14-12/h5-7,9H,3-4,8H2,1-2H3,(H2,13,16)(H,14,15). The smallest absolute Gasteiger partial charge is 0.252 e. The summed E-state index contributed by atoms with van der Waals surface area (Å²) in [5.74, 6) is 0.741. The summed E-state index contributed by atoms with van der Waals surface area (Å²) in [4.78, 5) is 15.3. The Kier molecular flexibility index (Phi) is 4.76. The van der Waals surface area contributed by atoms with E-state index in [1.165, 1.54) is 0 Å². The van der Waals surface area contributed by atoms with Crippen molar-refractivity contribution in [2.24, 2.45) is 11.7 Å². The van der Waals surface area contributed by atoms with Crippen LogP contribution in [0.3, 0.4) is 0 Å². The minimum absolute atomic E-state index is 0.444. The molecule has 4 heteroatoms. The lowest BCUT2D eigenvalue weighted by atomic mass is 10.0. The second-order valence-electron chi connectivity index (χ2n) is 3.83. The first-order valence-corrected chi connectivity index (χ1v) is 5.67. The Balaban J connectivity index is 2.69. The molecule has 0 aromatic carbocycles. The first kappa shape index (κ1) is 12.5. The predicted octanol–water partition coefficient (Wildman–Crippen LogP) is 2.03. The molecule has 88 valence electrons. The third-order valence-electron chi connectivity index (χ3n) is 2.79. The molecular formula is C12H19N3O. The van der Waals surface area contributed by atoms with Crippen LogP contribution in [-0.4, -0.2) is 17.4 Å². The second kappa shape index (κ2) is 6.10. The van der Waals surface area contributed by atoms with Gasteiger partial charge < -0.3 is 11.1 Å². The highest BCUT2D eigenvalue weighted by Crippen LogP contribution is 2.13. The van der Waals surface area contributed by atoms with Crippen molar-refractivity contribution in [3.8, 4) is 0 Å². The average Bonchev–Trinajstić information content (AvgIpc) is 2.30. The van der Waals surface area contributed by atoms with Crippen LogP contribution in [0.15, 0.2) is 18.3 Å². The van der Waals surface area contributed by atoms with Crippen LogP contribution in [0.4, 0.5) is 5.82 Å². The molecule has 0 spiro atoms. The lowest BCUT2D eigenvalue weighted by molar-refractivity contribution is 0.100. The minimum Gasteiger partial charge on any atom is -0.369 e. The van der Waals surface area contributed by atoms with Gasteiger partial charge in [-0.1, -0.05) is 26.7 Å². The van der Waals surface area contributed by atoms with Crippen LogP contribution in [0.5, 0.6) is 0 Å². The number of carbonyl (C=O) groups is 1. The fourth-order valence-corrected chi connectivity index (χ4v) is 1.56. The summed E-state index contributed by atoms with van der Waals surface area (Å²) >= 11 is 0. The van der Waals surface area contributed by atoms with Gasteiger partial charge in [-0.05, 0) is 18.1 Å². The Bertz CT molecular complexity index is 348. The van der Waals surface area contributed by atoms with Crippen LogP contribution in [0.25, 0.3) is 0 Å². The zero-order valence-electron chi connectivity index (χ0n) is 9.86. The summed E-state index contributed by atoms with van der Waals surface area (Å²) in [6.07, 6.45) is 3.88. The van der Waals surface area contributed by atoms with Crippen molar-refractivity contribution in [2.45, 2.75) is 26.7 Å². The molecule has 0 saturated carbocycles. The number of rotatable bonds is 6. The van der Waals surface area contributed by atoms with Crippen LogP contribution in [-0.2, 0) is 0 Å². The number of hydrogen-bond acceptors (Lipinski definition) is 3. The molecule has 1 rings (SSSR count). The van der Waals surface area contributed by atoms with Crippen molar-refractivity contribution in [2.75, 3.05) is 11.9 Å². The number of primary amides is 1. The van der Waals surface area contributed by atoms with E-state index in [1.54, 1.807) is 18.3 Å². The first-order chi connectivity index (χ1) is 7.69. The maximum atomic E-state index is 11.1. The van der Waals surface area contributed by atoms with E-state index in [1.807, 2.05) is 0 Å². The zero-order valence-corrected chi connectivity index (χ0v) is 9.86. The number of pyridine rings is 1. The molecule has 4 nitrogen and oxygen atoms in total. The van der Waals surface area contributed by atoms with Crippen molar-refractivity contribution in [1.82, 2.24) is 4.98 Å². The molecule has 0 atom stereocenters. The number of aromatic nitrogens is 1. The second-order valence-corrected chi connectivity index (χ2v) is 3.83. The van der Waals surface area contributed by atoms with Crippen molar-refractivity contribution in [3.63, 3.8) is 0 Å². The van der Waals surface area contributed by atoms with Crippen molar-refractivity contribution in [1.29, 1.82) is 0 Å². The SMILES string of the molecule is CCC(CC)CNc1ncccc1C(N)=O. The minimum atomic E-state index is -0.444. The van der Waals surface area contributed by atoms with Gasteiger partial charge in [0, 0.05) is 12.7 Å². The third kappa shape index (κ3) is 3.22. The number of hydrogen-bond donors (Lipinski definition) is 2. The van der Waals surface area contributed by atoms with E-state index in [2.05, 4.69) is 24.1 Å². The van der Waals surface area contributed by atoms with Crippen molar-refractivity contribution in [3.05, 3.63) is 23.9 Å². The summed E-state index contributed by atoms with van der Waals surface area (Å²) in [6, 6.07) is 3.40. The molecular weight excluding hydrogens is 202 g/mol. The van der Waals surface area contributed by atoms with Gasteiger partial charge in [-0.2, -0.15) is 0 Å². The highest BCUT2D eigenvalue weighted by Gasteiger charge is 2.09. The van der Waals surface area contributed by atoms with Gasteiger partial charge in [0.15, 0.2) is 0 Å². The van der Waals surface area contributed by atoms with E-state index in [-0.39, 0.29) is 0 Å². The van der Waals surface area contributed by atoms with Gasteiger partial charge in [0.2, 0.25) is 0 Å². The molecule has 0 saturated heterocycles. The topological polar surface area (TPSA) is 68.0 Å². The van der Waals surface area contributed by atoms with Crippen LogP contribution < -0.4 is 11.1 Å². The summed E-state index contributed by atoms with van der Waals surface area (Å²) in [5, 5.41) is 3.18. The molecule has 1 amide bonds. The van der Waals surface area contributed by atoms with E-state index in [0.29, 0.717) is 17.3 Å². The number of anilines is 1. The lowest BCUT2D eigenvalue weighted by Crippen LogP contribution is -2.18. The first-order valence-electron chi connectivity index (χ1n) is 5.67. The highest BCUT2D eigenvalue weighted by molar-refractivity contribution is 5.97. The Labute approximate surface area is 96.3 Å². The normalized spacial score (nSPS) is 10.4. The maximum Gasteiger partial charge on any atom is 0.252 e. The number of nitrogens with zero attached hydrogens (tertiary/aromatic N) is 1. The van der Waals surface area contributed by atoms with E-state index >= 15 is 0 Å². The molecule has 1 aromatic rings. The van der Waals surface area contributed by atoms with Crippen molar-refractivity contribution >= 4 is 11.7 Å². The third-order valence-corrected chi connectivity index (χ3v) is 2.79. The van der Waals surface area contributed by atoms with Crippen LogP contribution >= 0.6 is 0 Å². The highest BCUT2D eigenvalue weighted by atomic mass is 16.1. The molecule has 1 heterocycles. The summed E-state index contributed by atoms with van der Waals surface area (Å²) < 4.78 is 0. The van der Waals surface area contributed by atoms with Crippen LogP contribution in [0.2, 0.25) is 0 Å². The maximum absolute atomic E-state index is 11.1. The summed E-state index contributed by atoms with van der Waals surface area (Å²) in [5.41, 5.74) is 5.72. The molecule has 0 aliphatic carbocycles. The monoisotopic (exact) mass is 221 g/mol. The van der Waals surface area contributed by atoms with Gasteiger partial charge in [0.1, 0.15) is 5.82 Å². The molecule has 0 fully saturated rings. The number of nitrogens with one attached hydrogen (secondary N) is 1. The van der Waals surface area contributed by atoms with Gasteiger partial charge in [-0.25, -0.2) is 4.98 Å². The largest absolute Gasteiger partial charge is 0.369 e. The van der Waals surface area contributed by atoms with Gasteiger partial charge >= 0.3 is 0 Å². The molecule has 0 aliphatic heterocycles.